The van der Waals surface area contributed by atoms with E-state index in [0.29, 0.717) is 0 Å². The van der Waals surface area contributed by atoms with Crippen LogP contribution in [0.2, 0.25) is 37.3 Å². The number of ether oxygens (including phenoxy) is 1. The van der Waals surface area contributed by atoms with Crippen molar-refractivity contribution in [1.82, 2.24) is 0 Å². The van der Waals surface area contributed by atoms with Crippen molar-refractivity contribution < 1.29 is 13.6 Å². The highest BCUT2D eigenvalue weighted by atomic mass is 28.4. The quantitative estimate of drug-likeness (QED) is 0.351. The van der Waals surface area contributed by atoms with Gasteiger partial charge in [-0.3, -0.25) is 0 Å². The van der Waals surface area contributed by atoms with E-state index in [9.17, 15) is 4.79 Å². The second-order valence-corrected chi connectivity index (χ2v) is 15.8. The van der Waals surface area contributed by atoms with Crippen LogP contribution < -0.4 is 0 Å². The first kappa shape index (κ1) is 19.6. The Hall–Kier alpha value is -0.396. The summed E-state index contributed by atoms with van der Waals surface area (Å²) in [6, 6.07) is 4.28. The summed E-state index contributed by atoms with van der Waals surface area (Å²) in [5.41, 5.74) is -0.490. The van der Waals surface area contributed by atoms with Crippen LogP contribution in [0.25, 0.3) is 0 Å². The second kappa shape index (κ2) is 7.57. The van der Waals surface area contributed by atoms with Crippen LogP contribution in [0.5, 0.6) is 0 Å². The Balaban J connectivity index is 4.88. The van der Waals surface area contributed by atoms with Crippen molar-refractivity contribution in [3.05, 3.63) is 12.7 Å². The number of esters is 1. The first-order chi connectivity index (χ1) is 9.05. The predicted octanol–water partition coefficient (Wildman–Crippen LogP) is 4.72. The molecule has 118 valence electrons. The van der Waals surface area contributed by atoms with E-state index in [1.54, 1.807) is 0 Å². The molecular weight excluding hydrogens is 284 g/mol. The van der Waals surface area contributed by atoms with E-state index in [2.05, 4.69) is 40.4 Å². The van der Waals surface area contributed by atoms with Crippen LogP contribution in [-0.2, 0) is 13.6 Å². The zero-order valence-corrected chi connectivity index (χ0v) is 16.3. The molecule has 0 bridgehead atoms. The largest absolute Gasteiger partial charge is 0.457 e. The lowest BCUT2D eigenvalue weighted by atomic mass is 10.2. The molecule has 0 spiro atoms. The minimum Gasteiger partial charge on any atom is -0.457 e. The maximum absolute atomic E-state index is 11.4. The lowest BCUT2D eigenvalue weighted by Crippen LogP contribution is -2.50. The highest BCUT2D eigenvalue weighted by Gasteiger charge is 2.40. The van der Waals surface area contributed by atoms with Gasteiger partial charge in [-0.05, 0) is 45.1 Å². The van der Waals surface area contributed by atoms with Gasteiger partial charge in [0.2, 0.25) is 0 Å². The summed E-state index contributed by atoms with van der Waals surface area (Å²) in [6.45, 7) is 18.6. The van der Waals surface area contributed by atoms with Crippen LogP contribution in [0.4, 0.5) is 0 Å². The molecule has 0 N–H and O–H groups in total. The van der Waals surface area contributed by atoms with Gasteiger partial charge in [0.05, 0.1) is 0 Å². The molecule has 0 heterocycles. The molecule has 0 aromatic heterocycles. The highest BCUT2D eigenvalue weighted by molar-refractivity contribution is 6.86. The Kier molecular flexibility index (Phi) is 7.42. The van der Waals surface area contributed by atoms with E-state index in [0.717, 1.165) is 24.2 Å². The van der Waals surface area contributed by atoms with E-state index < -0.39 is 22.2 Å². The van der Waals surface area contributed by atoms with Crippen molar-refractivity contribution in [1.29, 1.82) is 0 Å². The van der Waals surface area contributed by atoms with Crippen molar-refractivity contribution in [3.63, 3.8) is 0 Å². The molecule has 0 atom stereocenters. The summed E-state index contributed by atoms with van der Waals surface area (Å²) in [5, 5.41) is 0. The van der Waals surface area contributed by atoms with Crippen LogP contribution in [0.15, 0.2) is 12.7 Å². The summed E-state index contributed by atoms with van der Waals surface area (Å²) >= 11 is 0. The summed E-state index contributed by atoms with van der Waals surface area (Å²) in [5.74, 6) is -0.357. The van der Waals surface area contributed by atoms with Crippen LogP contribution in [-0.4, -0.2) is 28.2 Å². The number of hydrogen-bond donors (Lipinski definition) is 0. The van der Waals surface area contributed by atoms with Gasteiger partial charge in [-0.1, -0.05) is 27.4 Å². The van der Waals surface area contributed by atoms with Gasteiger partial charge in [-0.2, -0.15) is 0 Å². The molecule has 0 aromatic carbocycles. The van der Waals surface area contributed by atoms with Crippen LogP contribution >= 0.6 is 0 Å². The summed E-state index contributed by atoms with van der Waals surface area (Å²) in [4.78, 5) is 11.4. The minimum absolute atomic E-state index is 0.357. The Morgan fingerprint density at radius 2 is 1.60 bits per heavy atom. The molecule has 0 saturated heterocycles. The highest BCUT2D eigenvalue weighted by Crippen LogP contribution is 2.32. The first-order valence-electron chi connectivity index (χ1n) is 7.61. The molecule has 0 aliphatic rings. The molecule has 0 amide bonds. The Morgan fingerprint density at radius 1 is 1.15 bits per heavy atom. The van der Waals surface area contributed by atoms with Crippen LogP contribution in [0, 0.1) is 0 Å². The third kappa shape index (κ3) is 6.37. The molecule has 0 rings (SSSR count). The van der Waals surface area contributed by atoms with E-state index in [1.807, 2.05) is 13.8 Å². The van der Waals surface area contributed by atoms with Gasteiger partial charge >= 0.3 is 5.97 Å². The van der Waals surface area contributed by atoms with Gasteiger partial charge < -0.3 is 8.85 Å². The molecule has 3 nitrogen and oxygen atoms in total. The lowest BCUT2D eigenvalue weighted by molar-refractivity contribution is -0.148. The van der Waals surface area contributed by atoms with Crippen LogP contribution in [0.3, 0.4) is 0 Å². The van der Waals surface area contributed by atoms with Crippen molar-refractivity contribution in [2.75, 3.05) is 0 Å². The summed E-state index contributed by atoms with van der Waals surface area (Å²) < 4.78 is 12.1. The van der Waals surface area contributed by atoms with Gasteiger partial charge in [0, 0.05) is 12.1 Å². The number of carbonyl (C=O) groups excluding carboxylic acids is 1. The van der Waals surface area contributed by atoms with E-state index in [4.69, 9.17) is 8.85 Å². The van der Waals surface area contributed by atoms with Crippen molar-refractivity contribution in [2.45, 2.75) is 77.5 Å². The predicted molar refractivity (Wildman–Crippen MR) is 90.9 cm³/mol. The Bertz CT molecular complexity index is 326. The average molecular weight is 317 g/mol. The number of hydrogen-bond acceptors (Lipinski definition) is 3. The van der Waals surface area contributed by atoms with E-state index in [-0.39, 0.29) is 5.97 Å². The van der Waals surface area contributed by atoms with E-state index >= 15 is 0 Å². The summed E-state index contributed by atoms with van der Waals surface area (Å²) in [7, 11) is -3.47. The fourth-order valence-corrected chi connectivity index (χ4v) is 13.3. The zero-order chi connectivity index (χ0) is 16.0. The fourth-order valence-electron chi connectivity index (χ4n) is 2.96. The number of carbonyl (C=O) groups is 1. The fraction of sp³-hybridized carbons (Fsp3) is 0.800. The molecular formula is C15H32O3Si2. The van der Waals surface area contributed by atoms with E-state index in [1.165, 1.54) is 6.08 Å². The van der Waals surface area contributed by atoms with Crippen molar-refractivity contribution >= 4 is 22.6 Å². The maximum Gasteiger partial charge on any atom is 0.330 e. The second-order valence-electron chi connectivity index (χ2n) is 6.67. The molecule has 0 aliphatic heterocycles. The lowest BCUT2D eigenvalue weighted by Gasteiger charge is -2.40. The van der Waals surface area contributed by atoms with Gasteiger partial charge in [-0.15, -0.1) is 0 Å². The van der Waals surface area contributed by atoms with Crippen molar-refractivity contribution in [2.24, 2.45) is 0 Å². The van der Waals surface area contributed by atoms with Crippen molar-refractivity contribution in [3.8, 4) is 0 Å². The first-order valence-corrected chi connectivity index (χ1v) is 13.3. The molecule has 0 unspecified atom stereocenters. The van der Waals surface area contributed by atoms with Crippen LogP contribution in [0.1, 0.15) is 34.6 Å². The smallest absolute Gasteiger partial charge is 0.330 e. The Morgan fingerprint density at radius 3 is 1.95 bits per heavy atom. The Labute approximate surface area is 127 Å². The zero-order valence-electron chi connectivity index (χ0n) is 14.3. The third-order valence-electron chi connectivity index (χ3n) is 3.82. The summed E-state index contributed by atoms with van der Waals surface area (Å²) in [6.07, 6.45) is 1.22. The molecule has 0 aromatic rings. The van der Waals surface area contributed by atoms with Gasteiger partial charge in [0.15, 0.2) is 16.6 Å². The molecule has 0 aliphatic carbocycles. The molecule has 0 radical (unpaired) electrons. The third-order valence-corrected chi connectivity index (χ3v) is 13.3. The maximum atomic E-state index is 11.4. The monoisotopic (exact) mass is 316 g/mol. The number of rotatable bonds is 9. The SMILES string of the molecule is C=CC(=O)OC(C)(C)C[Si](C)(C)O[Si](CC)(CC)CC. The molecule has 5 heteroatoms. The van der Waals surface area contributed by atoms with Gasteiger partial charge in [-0.25, -0.2) is 4.79 Å². The standard InChI is InChI=1S/C15H32O3Si2/c1-9-14(16)17-15(5,6)13-19(7,8)18-20(10-2,11-3)12-4/h9H,1,10-13H2,2-8H3. The minimum atomic E-state index is -1.87. The van der Waals surface area contributed by atoms with Gasteiger partial charge in [0.25, 0.3) is 0 Å². The molecule has 0 fully saturated rings. The topological polar surface area (TPSA) is 35.5 Å². The average Bonchev–Trinajstić information content (AvgIpc) is 2.34. The van der Waals surface area contributed by atoms with Gasteiger partial charge in [0.1, 0.15) is 5.60 Å². The molecule has 0 saturated carbocycles. The molecule has 20 heavy (non-hydrogen) atoms. The normalized spacial score (nSPS) is 13.2.